The molecule has 4 nitrogen and oxygen atoms in total. The molecule has 0 unspecified atom stereocenters. The molecule has 0 saturated carbocycles. The number of nitrogens with zero attached hydrogens (tertiary/aromatic N) is 3. The minimum Gasteiger partial charge on any atom is -0.456 e. The second-order valence-corrected chi connectivity index (χ2v) is 12.2. The predicted molar refractivity (Wildman–Crippen MR) is 174 cm³/mol. The standard InChI is InChI=1S/C39H25N3O/c1-39(2)27-17-8-5-14-24(27)32-22-12-3-4-13-23(22)33-25-15-6-9-19-29(25)42(37(33)35(32)39)38-40-28-18-11-21-31-34(28)36(41-38)26-16-7-10-20-30(26)43-31/h3-21H,1-2H3. The topological polar surface area (TPSA) is 39.9 Å². The van der Waals surface area contributed by atoms with Gasteiger partial charge in [0, 0.05) is 21.8 Å². The molecule has 4 heteroatoms. The van der Waals surface area contributed by atoms with Gasteiger partial charge in [0.15, 0.2) is 0 Å². The van der Waals surface area contributed by atoms with Crippen LogP contribution in [0.15, 0.2) is 115 Å². The van der Waals surface area contributed by atoms with Crippen LogP contribution in [0.2, 0.25) is 0 Å². The summed E-state index contributed by atoms with van der Waals surface area (Å²) >= 11 is 0. The average Bonchev–Trinajstić information content (AvgIpc) is 3.51. The number of benzene rings is 6. The van der Waals surface area contributed by atoms with E-state index in [-0.39, 0.29) is 5.41 Å². The van der Waals surface area contributed by atoms with Gasteiger partial charge in [0.2, 0.25) is 5.95 Å². The third-order valence-electron chi connectivity index (χ3n) is 9.56. The summed E-state index contributed by atoms with van der Waals surface area (Å²) < 4.78 is 8.63. The van der Waals surface area contributed by atoms with Gasteiger partial charge < -0.3 is 4.74 Å². The molecule has 0 saturated heterocycles. The summed E-state index contributed by atoms with van der Waals surface area (Å²) in [5, 5.41) is 5.95. The molecule has 0 radical (unpaired) electrons. The Morgan fingerprint density at radius 1 is 0.605 bits per heavy atom. The minimum absolute atomic E-state index is 0.223. The zero-order valence-corrected chi connectivity index (χ0v) is 23.7. The van der Waals surface area contributed by atoms with Gasteiger partial charge in [-0.1, -0.05) is 98.8 Å². The molecule has 3 heterocycles. The summed E-state index contributed by atoms with van der Waals surface area (Å²) in [5.74, 6) is 2.29. The second-order valence-electron chi connectivity index (χ2n) is 12.2. The van der Waals surface area contributed by atoms with E-state index in [0.29, 0.717) is 5.95 Å². The lowest BCUT2D eigenvalue weighted by atomic mass is 9.80. The van der Waals surface area contributed by atoms with Gasteiger partial charge in [-0.3, -0.25) is 4.57 Å². The third kappa shape index (κ3) is 2.81. The molecule has 0 bridgehead atoms. The number of rotatable bonds is 1. The highest BCUT2D eigenvalue weighted by atomic mass is 16.5. The van der Waals surface area contributed by atoms with E-state index in [9.17, 15) is 0 Å². The van der Waals surface area contributed by atoms with Crippen molar-refractivity contribution in [2.24, 2.45) is 0 Å². The molecule has 0 atom stereocenters. The predicted octanol–water partition coefficient (Wildman–Crippen LogP) is 9.96. The van der Waals surface area contributed by atoms with Crippen LogP contribution in [0.5, 0.6) is 11.5 Å². The lowest BCUT2D eigenvalue weighted by Gasteiger charge is -2.24. The first-order valence-corrected chi connectivity index (χ1v) is 14.8. The van der Waals surface area contributed by atoms with E-state index >= 15 is 0 Å². The van der Waals surface area contributed by atoms with Gasteiger partial charge >= 0.3 is 0 Å². The SMILES string of the molecule is CC1(C)c2ccccc2-c2c1c1c(c3ccccc23)c2ccccc2n1-c1nc2c3c(cccc3n1)Oc1ccccc1-2. The summed E-state index contributed by atoms with van der Waals surface area (Å²) in [6, 6.07) is 40.7. The zero-order chi connectivity index (χ0) is 28.4. The van der Waals surface area contributed by atoms with Gasteiger partial charge in [-0.05, 0) is 63.4 Å². The molecule has 10 rings (SSSR count). The van der Waals surface area contributed by atoms with Crippen molar-refractivity contribution in [2.75, 3.05) is 0 Å². The molecule has 2 aromatic heterocycles. The van der Waals surface area contributed by atoms with Gasteiger partial charge in [0.25, 0.3) is 0 Å². The maximum atomic E-state index is 6.31. The Bertz CT molecular complexity index is 2520. The molecular formula is C39H25N3O. The minimum atomic E-state index is -0.223. The summed E-state index contributed by atoms with van der Waals surface area (Å²) in [7, 11) is 0. The molecule has 1 aliphatic heterocycles. The van der Waals surface area contributed by atoms with Crippen LogP contribution in [0.4, 0.5) is 0 Å². The van der Waals surface area contributed by atoms with E-state index < -0.39 is 0 Å². The lowest BCUT2D eigenvalue weighted by Crippen LogP contribution is -2.17. The average molecular weight is 552 g/mol. The second kappa shape index (κ2) is 7.87. The van der Waals surface area contributed by atoms with E-state index in [1.165, 1.54) is 49.3 Å². The molecule has 0 amide bonds. The monoisotopic (exact) mass is 551 g/mol. The molecule has 43 heavy (non-hydrogen) atoms. The number of aromatic nitrogens is 3. The summed E-state index contributed by atoms with van der Waals surface area (Å²) in [6.07, 6.45) is 0. The smallest absolute Gasteiger partial charge is 0.235 e. The fourth-order valence-corrected chi connectivity index (χ4v) is 7.79. The fourth-order valence-electron chi connectivity index (χ4n) is 7.79. The maximum absolute atomic E-state index is 6.31. The first-order valence-electron chi connectivity index (χ1n) is 14.8. The van der Waals surface area contributed by atoms with E-state index in [2.05, 4.69) is 103 Å². The number of para-hydroxylation sites is 2. The van der Waals surface area contributed by atoms with Crippen molar-refractivity contribution in [1.29, 1.82) is 0 Å². The first-order chi connectivity index (χ1) is 21.1. The fraction of sp³-hybridized carbons (Fsp3) is 0.0769. The van der Waals surface area contributed by atoms with Crippen molar-refractivity contribution < 1.29 is 4.74 Å². The number of hydrogen-bond donors (Lipinski definition) is 0. The zero-order valence-electron chi connectivity index (χ0n) is 23.7. The summed E-state index contributed by atoms with van der Waals surface area (Å²) in [4.78, 5) is 10.7. The molecule has 1 aliphatic carbocycles. The summed E-state index contributed by atoms with van der Waals surface area (Å²) in [5.41, 5.74) is 10.1. The largest absolute Gasteiger partial charge is 0.456 e. The molecule has 202 valence electrons. The van der Waals surface area contributed by atoms with Gasteiger partial charge in [0.05, 0.1) is 27.6 Å². The molecule has 8 aromatic rings. The first kappa shape index (κ1) is 23.1. The number of hydrogen-bond acceptors (Lipinski definition) is 3. The van der Waals surface area contributed by atoms with Crippen LogP contribution in [0, 0.1) is 0 Å². The Labute approximate surface area is 247 Å². The van der Waals surface area contributed by atoms with Crippen molar-refractivity contribution in [3.63, 3.8) is 0 Å². The van der Waals surface area contributed by atoms with E-state index in [1.807, 2.05) is 30.3 Å². The van der Waals surface area contributed by atoms with Crippen molar-refractivity contribution in [1.82, 2.24) is 14.5 Å². The van der Waals surface area contributed by atoms with E-state index in [0.717, 1.165) is 39.2 Å². The Hall–Kier alpha value is -5.48. The highest BCUT2D eigenvalue weighted by Gasteiger charge is 2.40. The molecule has 0 spiro atoms. The Balaban J connectivity index is 1.44. The van der Waals surface area contributed by atoms with Crippen LogP contribution in [-0.2, 0) is 5.41 Å². The lowest BCUT2D eigenvalue weighted by molar-refractivity contribution is 0.486. The molecule has 2 aliphatic rings. The van der Waals surface area contributed by atoms with Crippen molar-refractivity contribution in [3.05, 3.63) is 126 Å². The molecule has 0 N–H and O–H groups in total. The van der Waals surface area contributed by atoms with Crippen LogP contribution < -0.4 is 4.74 Å². The van der Waals surface area contributed by atoms with Crippen LogP contribution in [-0.4, -0.2) is 14.5 Å². The Morgan fingerprint density at radius 3 is 2.19 bits per heavy atom. The van der Waals surface area contributed by atoms with E-state index in [1.54, 1.807) is 0 Å². The van der Waals surface area contributed by atoms with Gasteiger partial charge in [-0.2, -0.15) is 0 Å². The summed E-state index contributed by atoms with van der Waals surface area (Å²) in [6.45, 7) is 4.72. The number of ether oxygens (including phenoxy) is 1. The Morgan fingerprint density at radius 2 is 1.30 bits per heavy atom. The Kier molecular flexibility index (Phi) is 4.23. The van der Waals surface area contributed by atoms with Crippen LogP contribution in [0.3, 0.4) is 0 Å². The van der Waals surface area contributed by atoms with Crippen molar-refractivity contribution >= 4 is 43.5 Å². The van der Waals surface area contributed by atoms with Gasteiger partial charge in [-0.15, -0.1) is 0 Å². The number of fused-ring (bicyclic) bond motifs is 12. The van der Waals surface area contributed by atoms with Crippen molar-refractivity contribution in [2.45, 2.75) is 19.3 Å². The van der Waals surface area contributed by atoms with E-state index in [4.69, 9.17) is 14.7 Å². The van der Waals surface area contributed by atoms with Crippen molar-refractivity contribution in [3.8, 4) is 39.8 Å². The molecule has 6 aromatic carbocycles. The maximum Gasteiger partial charge on any atom is 0.235 e. The van der Waals surface area contributed by atoms with Gasteiger partial charge in [0.1, 0.15) is 11.5 Å². The molecular weight excluding hydrogens is 526 g/mol. The highest BCUT2D eigenvalue weighted by molar-refractivity contribution is 6.26. The van der Waals surface area contributed by atoms with Crippen LogP contribution in [0.25, 0.3) is 71.8 Å². The van der Waals surface area contributed by atoms with Crippen LogP contribution >= 0.6 is 0 Å². The van der Waals surface area contributed by atoms with Gasteiger partial charge in [-0.25, -0.2) is 9.97 Å². The molecule has 0 fully saturated rings. The third-order valence-corrected chi connectivity index (χ3v) is 9.56. The highest BCUT2D eigenvalue weighted by Crippen LogP contribution is 2.56. The normalized spacial score (nSPS) is 14.2. The van der Waals surface area contributed by atoms with Crippen LogP contribution in [0.1, 0.15) is 25.0 Å². The quantitative estimate of drug-likeness (QED) is 0.204.